The van der Waals surface area contributed by atoms with Crippen LogP contribution >= 0.6 is 0 Å². The highest BCUT2D eigenvalue weighted by molar-refractivity contribution is 6.00. The van der Waals surface area contributed by atoms with Crippen LogP contribution in [-0.2, 0) is 16.1 Å². The van der Waals surface area contributed by atoms with Gasteiger partial charge in [0, 0.05) is 19.1 Å². The Balaban J connectivity index is 2.15. The summed E-state index contributed by atoms with van der Waals surface area (Å²) in [5.74, 6) is -0.336. The highest BCUT2D eigenvalue weighted by Gasteiger charge is 2.12. The van der Waals surface area contributed by atoms with Crippen LogP contribution in [0.1, 0.15) is 18.2 Å². The molecule has 0 saturated heterocycles. The van der Waals surface area contributed by atoms with E-state index in [4.69, 9.17) is 4.42 Å². The second-order valence-electron chi connectivity index (χ2n) is 4.85. The number of nitro benzene ring substituents is 1. The Kier molecular flexibility index (Phi) is 5.45. The first kappa shape index (κ1) is 16.9. The normalized spacial score (nSPS) is 11.0. The van der Waals surface area contributed by atoms with Gasteiger partial charge in [-0.15, -0.1) is 0 Å². The summed E-state index contributed by atoms with van der Waals surface area (Å²) in [5.41, 5.74) is 0.510. The fourth-order valence-electron chi connectivity index (χ4n) is 1.88. The maximum atomic E-state index is 12.2. The molecule has 2 rings (SSSR count). The van der Waals surface area contributed by atoms with Crippen molar-refractivity contribution in [2.45, 2.75) is 13.5 Å². The lowest BCUT2D eigenvalue weighted by atomic mass is 10.1. The fraction of sp³-hybridized carbons (Fsp3) is 0.125. The zero-order chi connectivity index (χ0) is 17.5. The number of hydrogen-bond donors (Lipinski definition) is 2. The Morgan fingerprint density at radius 3 is 2.50 bits per heavy atom. The lowest BCUT2D eigenvalue weighted by molar-refractivity contribution is -0.384. The van der Waals surface area contributed by atoms with Gasteiger partial charge in [-0.1, -0.05) is 0 Å². The van der Waals surface area contributed by atoms with Gasteiger partial charge < -0.3 is 15.1 Å². The number of benzene rings is 1. The Morgan fingerprint density at radius 2 is 1.96 bits per heavy atom. The predicted octanol–water partition coefficient (Wildman–Crippen LogP) is 1.98. The third kappa shape index (κ3) is 4.80. The number of nitrogens with zero attached hydrogens (tertiary/aromatic N) is 1. The smallest absolute Gasteiger partial charge is 0.269 e. The third-order valence-electron chi connectivity index (χ3n) is 2.97. The van der Waals surface area contributed by atoms with Gasteiger partial charge in [-0.2, -0.15) is 0 Å². The number of nitrogens with one attached hydrogen (secondary N) is 2. The van der Waals surface area contributed by atoms with Crippen LogP contribution in [0.3, 0.4) is 0 Å². The molecule has 0 atom stereocenters. The molecular formula is C16H15N3O5. The van der Waals surface area contributed by atoms with Crippen molar-refractivity contribution in [3.63, 3.8) is 0 Å². The molecule has 1 heterocycles. The van der Waals surface area contributed by atoms with Gasteiger partial charge in [0.1, 0.15) is 11.5 Å². The Labute approximate surface area is 137 Å². The molecule has 0 radical (unpaired) electrons. The minimum absolute atomic E-state index is 0.0305. The molecule has 0 aliphatic carbocycles. The van der Waals surface area contributed by atoms with Crippen molar-refractivity contribution >= 4 is 23.6 Å². The second-order valence-corrected chi connectivity index (χ2v) is 4.85. The number of rotatable bonds is 6. The topological polar surface area (TPSA) is 114 Å². The minimum Gasteiger partial charge on any atom is -0.467 e. The van der Waals surface area contributed by atoms with E-state index in [9.17, 15) is 19.7 Å². The first-order chi connectivity index (χ1) is 11.5. The van der Waals surface area contributed by atoms with E-state index in [2.05, 4.69) is 10.6 Å². The molecule has 0 fully saturated rings. The van der Waals surface area contributed by atoms with E-state index < -0.39 is 16.7 Å². The molecule has 0 unspecified atom stereocenters. The molecule has 2 aromatic rings. The SMILES string of the molecule is CC(=O)NC(=Cc1ccc([N+](=O)[O-])cc1)C(=O)NCc1ccco1. The van der Waals surface area contributed by atoms with Crippen LogP contribution in [-0.4, -0.2) is 16.7 Å². The number of hydrogen-bond acceptors (Lipinski definition) is 5. The van der Waals surface area contributed by atoms with Crippen LogP contribution in [0.15, 0.2) is 52.8 Å². The molecule has 0 saturated carbocycles. The zero-order valence-corrected chi connectivity index (χ0v) is 12.8. The quantitative estimate of drug-likeness (QED) is 0.478. The summed E-state index contributed by atoms with van der Waals surface area (Å²) in [7, 11) is 0. The van der Waals surface area contributed by atoms with Gasteiger partial charge in [-0.25, -0.2) is 0 Å². The van der Waals surface area contributed by atoms with E-state index in [1.165, 1.54) is 43.5 Å². The molecule has 0 spiro atoms. The Morgan fingerprint density at radius 1 is 1.25 bits per heavy atom. The highest BCUT2D eigenvalue weighted by atomic mass is 16.6. The van der Waals surface area contributed by atoms with Crippen molar-refractivity contribution in [1.82, 2.24) is 10.6 Å². The lowest BCUT2D eigenvalue weighted by Gasteiger charge is -2.09. The number of non-ortho nitro benzene ring substituents is 1. The molecule has 0 aliphatic heterocycles. The van der Waals surface area contributed by atoms with Crippen LogP contribution in [0.25, 0.3) is 6.08 Å². The van der Waals surface area contributed by atoms with E-state index in [1.54, 1.807) is 12.1 Å². The van der Waals surface area contributed by atoms with E-state index in [-0.39, 0.29) is 17.9 Å². The molecule has 1 aromatic carbocycles. The van der Waals surface area contributed by atoms with Crippen LogP contribution < -0.4 is 10.6 Å². The van der Waals surface area contributed by atoms with E-state index >= 15 is 0 Å². The van der Waals surface area contributed by atoms with Crippen molar-refractivity contribution in [2.24, 2.45) is 0 Å². The molecule has 24 heavy (non-hydrogen) atoms. The minimum atomic E-state index is -0.516. The summed E-state index contributed by atoms with van der Waals surface area (Å²) in [6.45, 7) is 1.45. The van der Waals surface area contributed by atoms with Crippen molar-refractivity contribution in [3.8, 4) is 0 Å². The van der Waals surface area contributed by atoms with E-state index in [0.29, 0.717) is 11.3 Å². The van der Waals surface area contributed by atoms with Gasteiger partial charge in [0.25, 0.3) is 11.6 Å². The maximum Gasteiger partial charge on any atom is 0.269 e. The molecule has 8 nitrogen and oxygen atoms in total. The number of amides is 2. The van der Waals surface area contributed by atoms with Gasteiger partial charge in [0.15, 0.2) is 0 Å². The average Bonchev–Trinajstić information content (AvgIpc) is 3.05. The van der Waals surface area contributed by atoms with Crippen LogP contribution in [0, 0.1) is 10.1 Å². The maximum absolute atomic E-state index is 12.2. The number of carbonyl (C=O) groups excluding carboxylic acids is 2. The number of nitro groups is 1. The van der Waals surface area contributed by atoms with Crippen molar-refractivity contribution in [3.05, 3.63) is 69.8 Å². The largest absolute Gasteiger partial charge is 0.467 e. The van der Waals surface area contributed by atoms with Crippen molar-refractivity contribution in [1.29, 1.82) is 0 Å². The average molecular weight is 329 g/mol. The van der Waals surface area contributed by atoms with Crippen molar-refractivity contribution < 1.29 is 18.9 Å². The van der Waals surface area contributed by atoms with E-state index in [1.807, 2.05) is 0 Å². The molecule has 0 bridgehead atoms. The predicted molar refractivity (Wildman–Crippen MR) is 85.4 cm³/mol. The molecule has 8 heteroatoms. The molecule has 1 aromatic heterocycles. The van der Waals surface area contributed by atoms with Gasteiger partial charge >= 0.3 is 0 Å². The van der Waals surface area contributed by atoms with Crippen LogP contribution in [0.5, 0.6) is 0 Å². The summed E-state index contributed by atoms with van der Waals surface area (Å²) in [6.07, 6.45) is 2.92. The summed E-state index contributed by atoms with van der Waals surface area (Å²) >= 11 is 0. The Hall–Kier alpha value is -3.42. The third-order valence-corrected chi connectivity index (χ3v) is 2.97. The standard InChI is InChI=1S/C16H15N3O5/c1-11(20)18-15(16(21)17-10-14-3-2-8-24-14)9-12-4-6-13(7-5-12)19(22)23/h2-9H,10H2,1H3,(H,17,21)(H,18,20). The van der Waals surface area contributed by atoms with Crippen LogP contribution in [0.2, 0.25) is 0 Å². The van der Waals surface area contributed by atoms with Crippen molar-refractivity contribution in [2.75, 3.05) is 0 Å². The van der Waals surface area contributed by atoms with Crippen LogP contribution in [0.4, 0.5) is 5.69 Å². The molecular weight excluding hydrogens is 314 g/mol. The summed E-state index contributed by atoms with van der Waals surface area (Å²) in [5, 5.41) is 15.7. The first-order valence-corrected chi connectivity index (χ1v) is 7.00. The zero-order valence-electron chi connectivity index (χ0n) is 12.8. The fourth-order valence-corrected chi connectivity index (χ4v) is 1.88. The second kappa shape index (κ2) is 7.73. The highest BCUT2D eigenvalue weighted by Crippen LogP contribution is 2.14. The molecule has 2 amide bonds. The lowest BCUT2D eigenvalue weighted by Crippen LogP contribution is -2.33. The monoisotopic (exact) mass is 329 g/mol. The summed E-state index contributed by atoms with van der Waals surface area (Å²) in [4.78, 5) is 33.6. The first-order valence-electron chi connectivity index (χ1n) is 7.00. The number of carbonyl (C=O) groups is 2. The van der Waals surface area contributed by atoms with Gasteiger partial charge in [0.05, 0.1) is 17.7 Å². The molecule has 0 aliphatic rings. The van der Waals surface area contributed by atoms with E-state index in [0.717, 1.165) is 0 Å². The molecule has 124 valence electrons. The Bertz CT molecular complexity index is 764. The summed E-state index contributed by atoms with van der Waals surface area (Å²) in [6, 6.07) is 9.01. The van der Waals surface area contributed by atoms with Gasteiger partial charge in [-0.05, 0) is 35.9 Å². The van der Waals surface area contributed by atoms with Gasteiger partial charge in [-0.3, -0.25) is 19.7 Å². The molecule has 2 N–H and O–H groups in total. The summed E-state index contributed by atoms with van der Waals surface area (Å²) < 4.78 is 5.11. The number of furan rings is 1. The van der Waals surface area contributed by atoms with Gasteiger partial charge in [0.2, 0.25) is 5.91 Å².